The molecule has 0 radical (unpaired) electrons. The van der Waals surface area contributed by atoms with E-state index in [1.54, 1.807) is 18.6 Å². The third-order valence-corrected chi connectivity index (χ3v) is 13.0. The van der Waals surface area contributed by atoms with Crippen LogP contribution in [-0.4, -0.2) is 92.6 Å². The summed E-state index contributed by atoms with van der Waals surface area (Å²) in [5.74, 6) is 0.418. The Kier molecular flexibility index (Phi) is 8.76. The molecule has 5 aliphatic rings. The Bertz CT molecular complexity index is 2090. The van der Waals surface area contributed by atoms with Gasteiger partial charge in [-0.1, -0.05) is 26.0 Å². The number of nitrogens with zero attached hydrogens (tertiary/aromatic N) is 7. The third-order valence-electron chi connectivity index (χ3n) is 13.0. The van der Waals surface area contributed by atoms with Crippen LogP contribution in [0.15, 0.2) is 49.1 Å². The maximum atomic E-state index is 15.0. The number of amides is 2. The number of likely N-dealkylation sites (tertiary alicyclic amines) is 2. The zero-order chi connectivity index (χ0) is 37.4. The number of aromatic nitrogens is 4. The van der Waals surface area contributed by atoms with E-state index in [4.69, 9.17) is 14.7 Å². The first-order chi connectivity index (χ1) is 26.0. The van der Waals surface area contributed by atoms with E-state index in [2.05, 4.69) is 66.0 Å². The molecule has 1 spiro atoms. The Morgan fingerprint density at radius 3 is 2.50 bits per heavy atom. The smallest absolute Gasteiger partial charge is 0.238 e. The number of nitrogens with one attached hydrogen (secondary N) is 1. The summed E-state index contributed by atoms with van der Waals surface area (Å²) in [4.78, 5) is 49.0. The van der Waals surface area contributed by atoms with Crippen LogP contribution in [0, 0.1) is 17.2 Å². The van der Waals surface area contributed by atoms with Crippen molar-refractivity contribution in [2.75, 3.05) is 49.6 Å². The average molecular weight is 735 g/mol. The van der Waals surface area contributed by atoms with Crippen LogP contribution in [0.1, 0.15) is 84.2 Å². The van der Waals surface area contributed by atoms with Gasteiger partial charge in [-0.3, -0.25) is 19.5 Å². The Labute approximate surface area is 316 Å². The molecule has 1 aliphatic carbocycles. The largest absolute Gasteiger partial charge is 0.381 e. The zero-order valence-corrected chi connectivity index (χ0v) is 31.9. The summed E-state index contributed by atoms with van der Waals surface area (Å²) in [6.07, 6.45) is 10.4. The molecule has 3 aromatic heterocycles. The van der Waals surface area contributed by atoms with E-state index in [9.17, 15) is 14.0 Å². The van der Waals surface area contributed by atoms with Crippen molar-refractivity contribution in [2.24, 2.45) is 11.3 Å². The number of ether oxygens (including phenoxy) is 1. The first-order valence-corrected chi connectivity index (χ1v) is 19.8. The summed E-state index contributed by atoms with van der Waals surface area (Å²) >= 11 is 0. The SMILES string of the molecule is CC(C)n1cnc2cc(-c3ccc4c(c3)N([C@H]3C[C@@H](N5CCC(C)(C)C5)C3)C(=O)C43CCN(C(=O)C4CCOCC4)CC3)nc(Nc3ccncc3F)c21. The maximum absolute atomic E-state index is 15.0. The van der Waals surface area contributed by atoms with Gasteiger partial charge in [0.1, 0.15) is 5.52 Å². The third kappa shape index (κ3) is 5.96. The van der Waals surface area contributed by atoms with Crippen molar-refractivity contribution in [3.8, 4) is 11.3 Å². The number of benzene rings is 1. The van der Waals surface area contributed by atoms with Gasteiger partial charge in [-0.15, -0.1) is 0 Å². The van der Waals surface area contributed by atoms with E-state index in [0.717, 1.165) is 66.6 Å². The molecule has 12 heteroatoms. The summed E-state index contributed by atoms with van der Waals surface area (Å²) in [5.41, 5.74) is 5.04. The molecule has 2 amide bonds. The van der Waals surface area contributed by atoms with Crippen LogP contribution in [-0.2, 0) is 19.7 Å². The molecule has 4 fully saturated rings. The molecule has 54 heavy (non-hydrogen) atoms. The lowest BCUT2D eigenvalue weighted by Gasteiger charge is -2.47. The van der Waals surface area contributed by atoms with Crippen LogP contribution >= 0.6 is 0 Å². The fourth-order valence-electron chi connectivity index (χ4n) is 9.73. The van der Waals surface area contributed by atoms with Crippen LogP contribution < -0.4 is 10.2 Å². The predicted molar refractivity (Wildman–Crippen MR) is 206 cm³/mol. The molecule has 0 unspecified atom stereocenters. The molecule has 0 atom stereocenters. The monoisotopic (exact) mass is 734 g/mol. The van der Waals surface area contributed by atoms with Crippen LogP contribution in [0.2, 0.25) is 0 Å². The van der Waals surface area contributed by atoms with Crippen LogP contribution in [0.25, 0.3) is 22.3 Å². The topological polar surface area (TPSA) is 109 Å². The van der Waals surface area contributed by atoms with Crippen molar-refractivity contribution >= 4 is 40.0 Å². The second-order valence-electron chi connectivity index (χ2n) is 17.3. The quantitative estimate of drug-likeness (QED) is 0.220. The van der Waals surface area contributed by atoms with Crippen molar-refractivity contribution in [3.05, 3.63) is 60.4 Å². The molecule has 1 N–H and O–H groups in total. The number of halogens is 1. The van der Waals surface area contributed by atoms with Gasteiger partial charge in [0.25, 0.3) is 0 Å². The number of fused-ring (bicyclic) bond motifs is 3. The highest BCUT2D eigenvalue weighted by Crippen LogP contribution is 2.52. The number of rotatable bonds is 7. The Morgan fingerprint density at radius 1 is 1.02 bits per heavy atom. The summed E-state index contributed by atoms with van der Waals surface area (Å²) in [6, 6.07) is 10.6. The lowest BCUT2D eigenvalue weighted by molar-refractivity contribution is -0.142. The van der Waals surface area contributed by atoms with Gasteiger partial charge in [0.2, 0.25) is 11.8 Å². The molecule has 4 aromatic rings. The summed E-state index contributed by atoms with van der Waals surface area (Å²) in [6.45, 7) is 13.5. The Hall–Kier alpha value is -4.42. The molecule has 284 valence electrons. The van der Waals surface area contributed by atoms with E-state index in [1.165, 1.54) is 12.6 Å². The summed E-state index contributed by atoms with van der Waals surface area (Å²) in [5, 5.41) is 3.24. The lowest BCUT2D eigenvalue weighted by atomic mass is 9.73. The van der Waals surface area contributed by atoms with Gasteiger partial charge >= 0.3 is 0 Å². The minimum atomic E-state index is -0.667. The Balaban J connectivity index is 1.07. The molecule has 3 saturated heterocycles. The maximum Gasteiger partial charge on any atom is 0.238 e. The zero-order valence-electron chi connectivity index (χ0n) is 31.9. The molecule has 0 bridgehead atoms. The number of hydrogen-bond donors (Lipinski definition) is 1. The first-order valence-electron chi connectivity index (χ1n) is 19.8. The Morgan fingerprint density at radius 2 is 1.80 bits per heavy atom. The molecule has 11 nitrogen and oxygen atoms in total. The van der Waals surface area contributed by atoms with E-state index in [-0.39, 0.29) is 35.5 Å². The fraction of sp³-hybridized carbons (Fsp3) is 0.548. The number of anilines is 3. The van der Waals surface area contributed by atoms with Crippen LogP contribution in [0.3, 0.4) is 0 Å². The minimum Gasteiger partial charge on any atom is -0.381 e. The second kappa shape index (κ2) is 13.4. The van der Waals surface area contributed by atoms with Crippen molar-refractivity contribution in [1.82, 2.24) is 29.3 Å². The van der Waals surface area contributed by atoms with Crippen molar-refractivity contribution in [2.45, 2.75) is 96.2 Å². The molecule has 4 aliphatic heterocycles. The number of imidazole rings is 1. The highest BCUT2D eigenvalue weighted by Gasteiger charge is 2.56. The summed E-state index contributed by atoms with van der Waals surface area (Å²) < 4.78 is 22.4. The number of carbonyl (C=O) groups is 2. The average Bonchev–Trinajstić information content (AvgIpc) is 3.82. The van der Waals surface area contributed by atoms with E-state index < -0.39 is 11.2 Å². The molecular weight excluding hydrogens is 684 g/mol. The number of carbonyl (C=O) groups excluding carboxylic acids is 2. The number of piperidine rings is 1. The first kappa shape index (κ1) is 35.3. The number of pyridine rings is 2. The fourth-order valence-corrected chi connectivity index (χ4v) is 9.73. The lowest BCUT2D eigenvalue weighted by Crippen LogP contribution is -2.58. The van der Waals surface area contributed by atoms with E-state index in [0.29, 0.717) is 62.1 Å². The molecule has 9 rings (SSSR count). The van der Waals surface area contributed by atoms with E-state index >= 15 is 0 Å². The van der Waals surface area contributed by atoms with Crippen LogP contribution in [0.4, 0.5) is 21.6 Å². The molecular formula is C42H51FN8O3. The van der Waals surface area contributed by atoms with Gasteiger partial charge in [-0.05, 0) is 94.5 Å². The van der Waals surface area contributed by atoms with Gasteiger partial charge in [0, 0.05) is 74.3 Å². The normalized spacial score (nSPS) is 24.1. The van der Waals surface area contributed by atoms with Crippen LogP contribution in [0.5, 0.6) is 0 Å². The minimum absolute atomic E-state index is 0.00658. The standard InChI is InChI=1S/C42H51FN8O3/c1-26(2)50-25-45-35-22-34(47-38(37(35)50)46-33-7-13-44-23-32(33)43)28-5-6-31-36(19-28)51(30-20-29(21-30)49-14-10-41(3,4)24-49)40(53)42(31)11-15-48(16-12-42)39(52)27-8-17-54-18-9-27/h5-7,13,19,22-23,25-27,29-30H,8-12,14-18,20-21,24H2,1-4H3,(H,44,46,47)/t29-,30+. The van der Waals surface area contributed by atoms with Crippen molar-refractivity contribution in [1.29, 1.82) is 0 Å². The van der Waals surface area contributed by atoms with Crippen molar-refractivity contribution < 1.29 is 18.7 Å². The second-order valence-corrected chi connectivity index (χ2v) is 17.3. The van der Waals surface area contributed by atoms with Gasteiger partial charge in [-0.25, -0.2) is 14.4 Å². The molecule has 1 saturated carbocycles. The highest BCUT2D eigenvalue weighted by molar-refractivity contribution is 6.09. The van der Waals surface area contributed by atoms with Gasteiger partial charge in [0.05, 0.1) is 34.8 Å². The number of hydrogen-bond acceptors (Lipinski definition) is 8. The van der Waals surface area contributed by atoms with E-state index in [1.807, 2.05) is 15.5 Å². The van der Waals surface area contributed by atoms with Gasteiger partial charge in [0.15, 0.2) is 11.6 Å². The predicted octanol–water partition coefficient (Wildman–Crippen LogP) is 6.85. The molecule has 7 heterocycles. The van der Waals surface area contributed by atoms with Gasteiger partial charge in [-0.2, -0.15) is 0 Å². The van der Waals surface area contributed by atoms with Gasteiger partial charge < -0.3 is 24.4 Å². The highest BCUT2D eigenvalue weighted by atomic mass is 19.1. The summed E-state index contributed by atoms with van der Waals surface area (Å²) in [7, 11) is 0. The molecule has 1 aromatic carbocycles. The van der Waals surface area contributed by atoms with Crippen molar-refractivity contribution in [3.63, 3.8) is 0 Å².